The summed E-state index contributed by atoms with van der Waals surface area (Å²) < 4.78 is 24.6. The van der Waals surface area contributed by atoms with Crippen LogP contribution in [0.2, 0.25) is 0 Å². The Labute approximate surface area is 127 Å². The van der Waals surface area contributed by atoms with Crippen LogP contribution in [0.3, 0.4) is 0 Å². The van der Waals surface area contributed by atoms with Gasteiger partial charge in [-0.25, -0.2) is 4.79 Å². The van der Waals surface area contributed by atoms with Gasteiger partial charge in [0.05, 0.1) is 0 Å². The third-order valence-electron chi connectivity index (χ3n) is 3.67. The lowest BCUT2D eigenvalue weighted by molar-refractivity contribution is 0.239. The van der Waals surface area contributed by atoms with Gasteiger partial charge in [0.15, 0.2) is 0 Å². The van der Waals surface area contributed by atoms with Crippen molar-refractivity contribution in [1.29, 1.82) is 0 Å². The van der Waals surface area contributed by atoms with Crippen molar-refractivity contribution >= 4 is 23.5 Å². The van der Waals surface area contributed by atoms with Gasteiger partial charge in [0, 0.05) is 16.6 Å². The first kappa shape index (κ1) is 16.1. The smallest absolute Gasteiger partial charge is 0.319 e. The lowest BCUT2D eigenvalue weighted by atomic mass is 9.87. The van der Waals surface area contributed by atoms with Gasteiger partial charge >= 0.3 is 6.03 Å². The fourth-order valence-electron chi connectivity index (χ4n) is 2.51. The maximum Gasteiger partial charge on any atom is 0.319 e. The van der Waals surface area contributed by atoms with Gasteiger partial charge in [-0.15, -0.1) is 0 Å². The molecule has 1 aliphatic rings. The highest BCUT2D eigenvalue weighted by Gasteiger charge is 2.19. The van der Waals surface area contributed by atoms with E-state index in [0.717, 1.165) is 31.6 Å². The minimum atomic E-state index is -2.46. The summed E-state index contributed by atoms with van der Waals surface area (Å²) in [5.41, 5.74) is 0.530. The molecule has 0 aliphatic heterocycles. The van der Waals surface area contributed by atoms with E-state index in [1.165, 1.54) is 0 Å². The van der Waals surface area contributed by atoms with Gasteiger partial charge in [-0.1, -0.05) is 24.8 Å². The van der Waals surface area contributed by atoms with Crippen molar-refractivity contribution < 1.29 is 13.6 Å². The Morgan fingerprint density at radius 1 is 1.29 bits per heavy atom. The number of nitrogens with one attached hydrogen (secondary N) is 2. The summed E-state index contributed by atoms with van der Waals surface area (Å²) >= 11 is 0.471. The number of halogens is 2. The van der Waals surface area contributed by atoms with Crippen LogP contribution in [-0.2, 0) is 0 Å². The van der Waals surface area contributed by atoms with Crippen LogP contribution in [-0.4, -0.2) is 17.8 Å². The number of carbonyl (C=O) groups is 1. The number of anilines is 1. The van der Waals surface area contributed by atoms with Crippen LogP contribution in [0.4, 0.5) is 19.3 Å². The van der Waals surface area contributed by atoms with E-state index < -0.39 is 5.76 Å². The lowest BCUT2D eigenvalue weighted by Crippen LogP contribution is -2.39. The van der Waals surface area contributed by atoms with Crippen LogP contribution in [0.5, 0.6) is 0 Å². The van der Waals surface area contributed by atoms with Crippen LogP contribution >= 0.6 is 11.8 Å². The van der Waals surface area contributed by atoms with E-state index in [9.17, 15) is 13.6 Å². The topological polar surface area (TPSA) is 41.1 Å². The Bertz CT molecular complexity index is 476. The lowest BCUT2D eigenvalue weighted by Gasteiger charge is -2.26. The second-order valence-corrected chi connectivity index (χ2v) is 6.53. The number of carbonyl (C=O) groups excluding carboxylic acids is 1. The van der Waals surface area contributed by atoms with E-state index in [-0.39, 0.29) is 12.1 Å². The molecule has 0 bridgehead atoms. The van der Waals surface area contributed by atoms with Crippen molar-refractivity contribution in [3.63, 3.8) is 0 Å². The minimum Gasteiger partial charge on any atom is -0.335 e. The molecular weight excluding hydrogens is 294 g/mol. The van der Waals surface area contributed by atoms with E-state index in [1.54, 1.807) is 24.3 Å². The Morgan fingerprint density at radius 3 is 2.67 bits per heavy atom. The fraction of sp³-hybridized carbons (Fsp3) is 0.533. The summed E-state index contributed by atoms with van der Waals surface area (Å²) in [4.78, 5) is 12.4. The molecule has 0 aromatic heterocycles. The second-order valence-electron chi connectivity index (χ2n) is 5.46. The van der Waals surface area contributed by atoms with E-state index in [1.807, 2.05) is 0 Å². The van der Waals surface area contributed by atoms with Crippen LogP contribution < -0.4 is 10.6 Å². The summed E-state index contributed by atoms with van der Waals surface area (Å²) in [6.07, 6.45) is 4.25. The SMILES string of the molecule is CC1CCC(NC(=O)Nc2cccc(SC(F)F)c2)CC1. The maximum absolute atomic E-state index is 12.3. The predicted octanol–water partition coefficient (Wildman–Crippen LogP) is 4.70. The first-order valence-corrected chi connectivity index (χ1v) is 8.03. The molecule has 1 aromatic carbocycles. The van der Waals surface area contributed by atoms with Crippen LogP contribution in [0.25, 0.3) is 0 Å². The minimum absolute atomic E-state index is 0.208. The predicted molar refractivity (Wildman–Crippen MR) is 81.9 cm³/mol. The largest absolute Gasteiger partial charge is 0.335 e. The molecule has 6 heteroatoms. The number of alkyl halides is 2. The van der Waals surface area contributed by atoms with Gasteiger partial charge in [0.1, 0.15) is 0 Å². The Hall–Kier alpha value is -1.30. The van der Waals surface area contributed by atoms with Gasteiger partial charge in [-0.05, 0) is 49.8 Å². The molecule has 116 valence electrons. The molecule has 1 aliphatic carbocycles. The molecule has 2 rings (SSSR count). The van der Waals surface area contributed by atoms with Crippen LogP contribution in [0, 0.1) is 5.92 Å². The van der Waals surface area contributed by atoms with Crippen molar-refractivity contribution in [3.8, 4) is 0 Å². The number of amides is 2. The molecular formula is C15H20F2N2OS. The van der Waals surface area contributed by atoms with Crippen molar-refractivity contribution in [1.82, 2.24) is 5.32 Å². The standard InChI is InChI=1S/C15H20F2N2OS/c1-10-5-7-11(8-6-10)18-15(20)19-12-3-2-4-13(9-12)21-14(16)17/h2-4,9-11,14H,5-8H2,1H3,(H2,18,19,20). The third-order valence-corrected chi connectivity index (χ3v) is 4.37. The van der Waals surface area contributed by atoms with E-state index in [0.29, 0.717) is 22.3 Å². The van der Waals surface area contributed by atoms with Gasteiger partial charge in [-0.2, -0.15) is 8.78 Å². The summed E-state index contributed by atoms with van der Waals surface area (Å²) in [5.74, 6) is -1.73. The Kier molecular flexibility index (Phi) is 5.85. The van der Waals surface area contributed by atoms with E-state index >= 15 is 0 Å². The number of thioether (sulfide) groups is 1. The van der Waals surface area contributed by atoms with Crippen LogP contribution in [0.1, 0.15) is 32.6 Å². The molecule has 0 atom stereocenters. The average Bonchev–Trinajstić information content (AvgIpc) is 2.41. The number of benzene rings is 1. The first-order valence-electron chi connectivity index (χ1n) is 7.15. The zero-order chi connectivity index (χ0) is 15.2. The van der Waals surface area contributed by atoms with Crippen molar-refractivity contribution in [3.05, 3.63) is 24.3 Å². The average molecular weight is 314 g/mol. The zero-order valence-corrected chi connectivity index (χ0v) is 12.8. The molecule has 1 fully saturated rings. The highest BCUT2D eigenvalue weighted by atomic mass is 32.2. The second kappa shape index (κ2) is 7.64. The third kappa shape index (κ3) is 5.53. The normalized spacial score (nSPS) is 22.1. The van der Waals surface area contributed by atoms with Gasteiger partial charge < -0.3 is 10.6 Å². The summed E-state index contributed by atoms with van der Waals surface area (Å²) in [7, 11) is 0. The summed E-state index contributed by atoms with van der Waals surface area (Å²) in [6, 6.07) is 6.44. The van der Waals surface area contributed by atoms with Crippen molar-refractivity contribution in [2.75, 3.05) is 5.32 Å². The van der Waals surface area contributed by atoms with E-state index in [2.05, 4.69) is 17.6 Å². The molecule has 0 radical (unpaired) electrons. The Balaban J connectivity index is 1.84. The highest BCUT2D eigenvalue weighted by Crippen LogP contribution is 2.27. The molecule has 1 aromatic rings. The molecule has 21 heavy (non-hydrogen) atoms. The molecule has 0 saturated heterocycles. The number of hydrogen-bond acceptors (Lipinski definition) is 2. The maximum atomic E-state index is 12.3. The zero-order valence-electron chi connectivity index (χ0n) is 11.9. The summed E-state index contributed by atoms with van der Waals surface area (Å²) in [5, 5.41) is 5.65. The number of rotatable bonds is 4. The highest BCUT2D eigenvalue weighted by molar-refractivity contribution is 7.99. The molecule has 2 amide bonds. The molecule has 2 N–H and O–H groups in total. The monoisotopic (exact) mass is 314 g/mol. The number of urea groups is 1. The van der Waals surface area contributed by atoms with Gasteiger partial charge in [-0.3, -0.25) is 0 Å². The van der Waals surface area contributed by atoms with E-state index in [4.69, 9.17) is 0 Å². The molecule has 0 heterocycles. The van der Waals surface area contributed by atoms with Crippen molar-refractivity contribution in [2.24, 2.45) is 5.92 Å². The summed E-state index contributed by atoms with van der Waals surface area (Å²) in [6.45, 7) is 2.22. The number of hydrogen-bond donors (Lipinski definition) is 2. The Morgan fingerprint density at radius 2 is 2.00 bits per heavy atom. The molecule has 0 unspecified atom stereocenters. The quantitative estimate of drug-likeness (QED) is 0.791. The molecule has 1 saturated carbocycles. The first-order chi connectivity index (χ1) is 10.0. The van der Waals surface area contributed by atoms with Crippen LogP contribution in [0.15, 0.2) is 29.2 Å². The van der Waals surface area contributed by atoms with Gasteiger partial charge in [0.2, 0.25) is 0 Å². The van der Waals surface area contributed by atoms with Gasteiger partial charge in [0.25, 0.3) is 5.76 Å². The molecule has 0 spiro atoms. The molecule has 3 nitrogen and oxygen atoms in total. The van der Waals surface area contributed by atoms with Crippen molar-refractivity contribution in [2.45, 2.75) is 49.3 Å². The fourth-order valence-corrected chi connectivity index (χ4v) is 3.06.